The van der Waals surface area contributed by atoms with Crippen LogP contribution in [0.25, 0.3) is 0 Å². The molecule has 1 heterocycles. The van der Waals surface area contributed by atoms with E-state index >= 15 is 0 Å². The van der Waals surface area contributed by atoms with Crippen molar-refractivity contribution in [3.8, 4) is 0 Å². The van der Waals surface area contributed by atoms with E-state index in [1.165, 1.54) is 0 Å². The topological polar surface area (TPSA) is 42.0 Å². The first kappa shape index (κ1) is 12.0. The van der Waals surface area contributed by atoms with Crippen LogP contribution in [0.5, 0.6) is 0 Å². The number of aromatic nitrogens is 1. The number of carbonyl (C=O) groups excluding carboxylic acids is 1. The fourth-order valence-electron chi connectivity index (χ4n) is 1.23. The molecule has 1 rings (SSSR count). The predicted octanol–water partition coefficient (Wildman–Crippen LogP) is 3.03. The van der Waals surface area contributed by atoms with Crippen LogP contribution in [-0.2, 0) is 4.79 Å². The van der Waals surface area contributed by atoms with Crippen molar-refractivity contribution in [2.45, 2.75) is 27.2 Å². The first-order chi connectivity index (χ1) is 6.99. The van der Waals surface area contributed by atoms with Crippen LogP contribution in [0.3, 0.4) is 0 Å². The zero-order chi connectivity index (χ0) is 11.4. The molecule has 1 N–H and O–H groups in total. The monoisotopic (exact) mass is 226 g/mol. The highest BCUT2D eigenvalue weighted by Gasteiger charge is 2.07. The minimum absolute atomic E-state index is 0.0113. The lowest BCUT2D eigenvalue weighted by Gasteiger charge is -2.09. The predicted molar refractivity (Wildman–Crippen MR) is 62.1 cm³/mol. The van der Waals surface area contributed by atoms with Gasteiger partial charge in [-0.2, -0.15) is 0 Å². The van der Waals surface area contributed by atoms with Gasteiger partial charge in [0.1, 0.15) is 5.15 Å². The number of nitrogens with one attached hydrogen (secondary N) is 1. The van der Waals surface area contributed by atoms with E-state index in [9.17, 15) is 4.79 Å². The smallest absolute Gasteiger partial charge is 0.224 e. The lowest BCUT2D eigenvalue weighted by Crippen LogP contribution is -2.14. The third-order valence-electron chi connectivity index (χ3n) is 1.92. The van der Waals surface area contributed by atoms with Crippen molar-refractivity contribution in [3.63, 3.8) is 0 Å². The van der Waals surface area contributed by atoms with E-state index in [1.807, 2.05) is 20.8 Å². The number of carbonyl (C=O) groups is 1. The zero-order valence-corrected chi connectivity index (χ0v) is 9.93. The van der Waals surface area contributed by atoms with Gasteiger partial charge >= 0.3 is 0 Å². The number of nitrogens with zero attached hydrogens (tertiary/aromatic N) is 1. The van der Waals surface area contributed by atoms with Crippen LogP contribution < -0.4 is 5.32 Å². The molecule has 82 valence electrons. The summed E-state index contributed by atoms with van der Waals surface area (Å²) in [6.45, 7) is 5.83. The average molecular weight is 227 g/mol. The second-order valence-electron chi connectivity index (χ2n) is 3.91. The number of hydrogen-bond donors (Lipinski definition) is 1. The molecule has 0 aliphatic heterocycles. The zero-order valence-electron chi connectivity index (χ0n) is 9.17. The minimum Gasteiger partial charge on any atom is -0.324 e. The Morgan fingerprint density at radius 1 is 1.53 bits per heavy atom. The second kappa shape index (κ2) is 5.12. The number of anilines is 1. The highest BCUT2D eigenvalue weighted by Crippen LogP contribution is 2.16. The largest absolute Gasteiger partial charge is 0.324 e. The molecule has 0 aromatic carbocycles. The molecule has 0 aliphatic carbocycles. The quantitative estimate of drug-likeness (QED) is 0.805. The van der Waals surface area contributed by atoms with Gasteiger partial charge in [0.2, 0.25) is 5.91 Å². The Morgan fingerprint density at radius 3 is 2.73 bits per heavy atom. The summed E-state index contributed by atoms with van der Waals surface area (Å²) in [7, 11) is 0. The lowest BCUT2D eigenvalue weighted by atomic mass is 10.1. The van der Waals surface area contributed by atoms with Gasteiger partial charge in [0.25, 0.3) is 0 Å². The van der Waals surface area contributed by atoms with E-state index in [2.05, 4.69) is 10.3 Å². The fraction of sp³-hybridized carbons (Fsp3) is 0.455. The molecular weight excluding hydrogens is 212 g/mol. The van der Waals surface area contributed by atoms with Gasteiger partial charge < -0.3 is 5.32 Å². The summed E-state index contributed by atoms with van der Waals surface area (Å²) in [6, 6.07) is 3.43. The highest BCUT2D eigenvalue weighted by molar-refractivity contribution is 6.29. The Morgan fingerprint density at radius 2 is 2.20 bits per heavy atom. The Hall–Kier alpha value is -1.09. The van der Waals surface area contributed by atoms with Crippen LogP contribution in [0, 0.1) is 12.8 Å². The van der Waals surface area contributed by atoms with Crippen LogP contribution in [0.4, 0.5) is 5.69 Å². The standard InChI is InChI=1S/C11H15ClN2O/c1-7(2)6-11(15)14-9-4-5-10(12)13-8(9)3/h4-5,7H,6H2,1-3H3,(H,14,15). The Kier molecular flexibility index (Phi) is 4.09. The van der Waals surface area contributed by atoms with Gasteiger partial charge in [-0.05, 0) is 25.0 Å². The van der Waals surface area contributed by atoms with E-state index in [1.54, 1.807) is 12.1 Å². The minimum atomic E-state index is 0.0113. The molecule has 0 fully saturated rings. The van der Waals surface area contributed by atoms with Crippen LogP contribution >= 0.6 is 11.6 Å². The second-order valence-corrected chi connectivity index (χ2v) is 4.30. The number of halogens is 1. The van der Waals surface area contributed by atoms with E-state index < -0.39 is 0 Å². The summed E-state index contributed by atoms with van der Waals surface area (Å²) in [6.07, 6.45) is 0.516. The van der Waals surface area contributed by atoms with Gasteiger partial charge in [0, 0.05) is 6.42 Å². The summed E-state index contributed by atoms with van der Waals surface area (Å²) in [5.41, 5.74) is 1.46. The van der Waals surface area contributed by atoms with Gasteiger partial charge in [0.15, 0.2) is 0 Å². The molecule has 0 unspecified atom stereocenters. The van der Waals surface area contributed by atoms with Crippen LogP contribution in [0.15, 0.2) is 12.1 Å². The van der Waals surface area contributed by atoms with Crippen molar-refractivity contribution < 1.29 is 4.79 Å². The average Bonchev–Trinajstić information content (AvgIpc) is 2.08. The normalized spacial score (nSPS) is 10.5. The van der Waals surface area contributed by atoms with E-state index in [0.717, 1.165) is 11.4 Å². The number of rotatable bonds is 3. The van der Waals surface area contributed by atoms with E-state index in [-0.39, 0.29) is 5.91 Å². The molecule has 0 saturated carbocycles. The number of pyridine rings is 1. The summed E-state index contributed by atoms with van der Waals surface area (Å²) in [5, 5.41) is 3.25. The summed E-state index contributed by atoms with van der Waals surface area (Å²) >= 11 is 5.71. The van der Waals surface area contributed by atoms with Crippen LogP contribution in [-0.4, -0.2) is 10.9 Å². The first-order valence-corrected chi connectivity index (χ1v) is 5.30. The lowest BCUT2D eigenvalue weighted by molar-refractivity contribution is -0.116. The molecule has 0 saturated heterocycles. The molecule has 4 heteroatoms. The molecule has 0 atom stereocenters. The molecule has 0 spiro atoms. The molecule has 0 radical (unpaired) electrons. The van der Waals surface area contributed by atoms with E-state index in [0.29, 0.717) is 17.5 Å². The van der Waals surface area contributed by atoms with Gasteiger partial charge in [-0.25, -0.2) is 4.98 Å². The van der Waals surface area contributed by atoms with Gasteiger partial charge in [-0.1, -0.05) is 25.4 Å². The van der Waals surface area contributed by atoms with Crippen molar-refractivity contribution in [2.75, 3.05) is 5.32 Å². The fourth-order valence-corrected chi connectivity index (χ4v) is 1.42. The van der Waals surface area contributed by atoms with Crippen molar-refractivity contribution in [1.82, 2.24) is 4.98 Å². The number of amides is 1. The van der Waals surface area contributed by atoms with Crippen molar-refractivity contribution >= 4 is 23.2 Å². The summed E-state index contributed by atoms with van der Waals surface area (Å²) in [4.78, 5) is 15.5. The van der Waals surface area contributed by atoms with Gasteiger partial charge in [-0.15, -0.1) is 0 Å². The summed E-state index contributed by atoms with van der Waals surface area (Å²) in [5.74, 6) is 0.364. The number of aryl methyl sites for hydroxylation is 1. The van der Waals surface area contributed by atoms with Crippen LogP contribution in [0.2, 0.25) is 5.15 Å². The third-order valence-corrected chi connectivity index (χ3v) is 2.13. The Bertz CT molecular complexity index is 364. The number of hydrogen-bond acceptors (Lipinski definition) is 2. The van der Waals surface area contributed by atoms with Crippen molar-refractivity contribution in [1.29, 1.82) is 0 Å². The van der Waals surface area contributed by atoms with Gasteiger partial charge in [-0.3, -0.25) is 4.79 Å². The maximum absolute atomic E-state index is 11.5. The van der Waals surface area contributed by atoms with E-state index in [4.69, 9.17) is 11.6 Å². The molecule has 15 heavy (non-hydrogen) atoms. The molecule has 3 nitrogen and oxygen atoms in total. The highest BCUT2D eigenvalue weighted by atomic mass is 35.5. The molecular formula is C11H15ClN2O. The van der Waals surface area contributed by atoms with Crippen LogP contribution in [0.1, 0.15) is 26.0 Å². The first-order valence-electron chi connectivity index (χ1n) is 4.92. The van der Waals surface area contributed by atoms with Crippen molar-refractivity contribution in [3.05, 3.63) is 23.0 Å². The molecule has 0 bridgehead atoms. The third kappa shape index (κ3) is 3.88. The summed E-state index contributed by atoms with van der Waals surface area (Å²) < 4.78 is 0. The molecule has 1 aromatic heterocycles. The SMILES string of the molecule is Cc1nc(Cl)ccc1NC(=O)CC(C)C. The van der Waals surface area contributed by atoms with Gasteiger partial charge in [0.05, 0.1) is 11.4 Å². The molecule has 1 amide bonds. The Labute approximate surface area is 94.9 Å². The molecule has 0 aliphatic rings. The Balaban J connectivity index is 2.68. The molecule has 1 aromatic rings. The maximum atomic E-state index is 11.5. The maximum Gasteiger partial charge on any atom is 0.224 e. The van der Waals surface area contributed by atoms with Crippen molar-refractivity contribution in [2.24, 2.45) is 5.92 Å².